The largest absolute Gasteiger partial charge is 0.462 e. The number of para-hydroxylation sites is 1. The SMILES string of the molecule is CCOC(=O)c1cccc(Sc2ncn[nH]2)c1N. The maximum absolute atomic E-state index is 11.7. The van der Waals surface area contributed by atoms with Gasteiger partial charge in [0.1, 0.15) is 6.33 Å². The zero-order chi connectivity index (χ0) is 13.0. The Bertz CT molecular complexity index is 542. The maximum atomic E-state index is 11.7. The van der Waals surface area contributed by atoms with Crippen LogP contribution in [0.4, 0.5) is 5.69 Å². The number of nitrogen functional groups attached to an aromatic ring is 1. The topological polar surface area (TPSA) is 93.9 Å². The van der Waals surface area contributed by atoms with E-state index in [9.17, 15) is 4.79 Å². The minimum atomic E-state index is -0.421. The second kappa shape index (κ2) is 5.54. The molecule has 6 nitrogen and oxygen atoms in total. The molecule has 3 N–H and O–H groups in total. The minimum absolute atomic E-state index is 0.317. The van der Waals surface area contributed by atoms with Crippen molar-refractivity contribution in [1.82, 2.24) is 15.2 Å². The first-order valence-corrected chi connectivity index (χ1v) is 6.13. The monoisotopic (exact) mass is 264 g/mol. The van der Waals surface area contributed by atoms with Crippen LogP contribution in [0, 0.1) is 0 Å². The number of nitrogens with two attached hydrogens (primary N) is 1. The molecule has 0 radical (unpaired) electrons. The van der Waals surface area contributed by atoms with Gasteiger partial charge in [0.25, 0.3) is 0 Å². The summed E-state index contributed by atoms with van der Waals surface area (Å²) in [5.74, 6) is -0.421. The average Bonchev–Trinajstić information content (AvgIpc) is 2.85. The number of carbonyl (C=O) groups excluding carboxylic acids is 1. The Balaban J connectivity index is 2.27. The first-order valence-electron chi connectivity index (χ1n) is 5.31. The van der Waals surface area contributed by atoms with Crippen molar-refractivity contribution >= 4 is 23.4 Å². The number of hydrogen-bond acceptors (Lipinski definition) is 6. The van der Waals surface area contributed by atoms with Gasteiger partial charge < -0.3 is 10.5 Å². The molecule has 2 aromatic rings. The molecule has 0 aliphatic heterocycles. The van der Waals surface area contributed by atoms with Crippen LogP contribution in [0.5, 0.6) is 0 Å². The summed E-state index contributed by atoms with van der Waals surface area (Å²) in [7, 11) is 0. The van der Waals surface area contributed by atoms with Crippen LogP contribution in [0.3, 0.4) is 0 Å². The molecule has 0 aliphatic rings. The van der Waals surface area contributed by atoms with E-state index < -0.39 is 5.97 Å². The van der Waals surface area contributed by atoms with E-state index in [0.717, 1.165) is 4.90 Å². The van der Waals surface area contributed by atoms with E-state index >= 15 is 0 Å². The van der Waals surface area contributed by atoms with Crippen molar-refractivity contribution in [3.63, 3.8) is 0 Å². The Hall–Kier alpha value is -2.02. The molecule has 7 heteroatoms. The number of nitrogens with one attached hydrogen (secondary N) is 1. The zero-order valence-corrected chi connectivity index (χ0v) is 10.5. The number of rotatable bonds is 4. The van der Waals surface area contributed by atoms with Gasteiger partial charge in [-0.15, -0.1) is 0 Å². The number of carbonyl (C=O) groups is 1. The quantitative estimate of drug-likeness (QED) is 0.645. The molecule has 0 atom stereocenters. The Morgan fingerprint density at radius 3 is 3.06 bits per heavy atom. The number of esters is 1. The highest BCUT2D eigenvalue weighted by Crippen LogP contribution is 2.31. The summed E-state index contributed by atoms with van der Waals surface area (Å²) in [5.41, 5.74) is 6.70. The highest BCUT2D eigenvalue weighted by molar-refractivity contribution is 7.99. The molecule has 0 unspecified atom stereocenters. The van der Waals surface area contributed by atoms with Crippen LogP contribution in [0.2, 0.25) is 0 Å². The van der Waals surface area contributed by atoms with Gasteiger partial charge in [-0.05, 0) is 30.8 Å². The lowest BCUT2D eigenvalue weighted by Gasteiger charge is -2.08. The molecule has 2 rings (SSSR count). The molecule has 0 saturated carbocycles. The van der Waals surface area contributed by atoms with Crippen molar-refractivity contribution in [2.45, 2.75) is 17.0 Å². The van der Waals surface area contributed by atoms with Gasteiger partial charge in [0.05, 0.1) is 17.9 Å². The minimum Gasteiger partial charge on any atom is -0.462 e. The first kappa shape index (κ1) is 12.4. The van der Waals surface area contributed by atoms with E-state index in [1.807, 2.05) is 6.07 Å². The number of ether oxygens (including phenoxy) is 1. The van der Waals surface area contributed by atoms with E-state index in [0.29, 0.717) is 23.0 Å². The first-order chi connectivity index (χ1) is 8.72. The average molecular weight is 264 g/mol. The molecular formula is C11H12N4O2S. The zero-order valence-electron chi connectivity index (χ0n) is 9.71. The maximum Gasteiger partial charge on any atom is 0.340 e. The Morgan fingerprint density at radius 2 is 2.39 bits per heavy atom. The van der Waals surface area contributed by atoms with Crippen LogP contribution in [0.1, 0.15) is 17.3 Å². The lowest BCUT2D eigenvalue weighted by molar-refractivity contribution is 0.0527. The summed E-state index contributed by atoms with van der Waals surface area (Å²) in [4.78, 5) is 16.4. The van der Waals surface area contributed by atoms with Crippen molar-refractivity contribution in [2.24, 2.45) is 0 Å². The molecule has 0 fully saturated rings. The summed E-state index contributed by atoms with van der Waals surface area (Å²) in [6.45, 7) is 2.07. The number of nitrogens with zero attached hydrogens (tertiary/aromatic N) is 2. The molecule has 0 saturated heterocycles. The third kappa shape index (κ3) is 2.62. The fourth-order valence-electron chi connectivity index (χ4n) is 1.37. The summed E-state index contributed by atoms with van der Waals surface area (Å²) < 4.78 is 4.93. The molecule has 1 heterocycles. The molecule has 0 aliphatic carbocycles. The van der Waals surface area contributed by atoms with Gasteiger partial charge in [0.15, 0.2) is 5.16 Å². The standard InChI is InChI=1S/C11H12N4O2S/c1-2-17-10(16)7-4-3-5-8(9(7)12)18-11-13-6-14-15-11/h3-6H,2,12H2,1H3,(H,13,14,15). The summed E-state index contributed by atoms with van der Waals surface area (Å²) >= 11 is 1.31. The second-order valence-corrected chi connectivity index (χ2v) is 4.36. The van der Waals surface area contributed by atoms with Gasteiger partial charge in [-0.1, -0.05) is 6.07 Å². The summed E-state index contributed by atoms with van der Waals surface area (Å²) in [6.07, 6.45) is 1.41. The van der Waals surface area contributed by atoms with E-state index in [4.69, 9.17) is 10.5 Å². The Labute approximate surface area is 108 Å². The van der Waals surface area contributed by atoms with Gasteiger partial charge in [0.2, 0.25) is 0 Å². The molecule has 18 heavy (non-hydrogen) atoms. The molecule has 94 valence electrons. The van der Waals surface area contributed by atoms with Crippen LogP contribution in [0.15, 0.2) is 34.6 Å². The van der Waals surface area contributed by atoms with Crippen molar-refractivity contribution in [2.75, 3.05) is 12.3 Å². The number of aromatic nitrogens is 3. The van der Waals surface area contributed by atoms with E-state index in [1.165, 1.54) is 18.1 Å². The van der Waals surface area contributed by atoms with Gasteiger partial charge in [0, 0.05) is 4.90 Å². The highest BCUT2D eigenvalue weighted by Gasteiger charge is 2.14. The number of hydrogen-bond donors (Lipinski definition) is 2. The van der Waals surface area contributed by atoms with Gasteiger partial charge in [-0.25, -0.2) is 9.78 Å². The van der Waals surface area contributed by atoms with Crippen molar-refractivity contribution in [1.29, 1.82) is 0 Å². The van der Waals surface area contributed by atoms with Crippen LogP contribution in [0.25, 0.3) is 0 Å². The van der Waals surface area contributed by atoms with Gasteiger partial charge >= 0.3 is 5.97 Å². The van der Waals surface area contributed by atoms with Crippen LogP contribution in [-0.2, 0) is 4.74 Å². The number of H-pyrrole nitrogens is 1. The van der Waals surface area contributed by atoms with E-state index in [-0.39, 0.29) is 0 Å². The fraction of sp³-hybridized carbons (Fsp3) is 0.182. The fourth-order valence-corrected chi connectivity index (χ4v) is 2.14. The lowest BCUT2D eigenvalue weighted by Crippen LogP contribution is -2.08. The van der Waals surface area contributed by atoms with Crippen LogP contribution >= 0.6 is 11.8 Å². The van der Waals surface area contributed by atoms with Crippen LogP contribution in [-0.4, -0.2) is 27.8 Å². The molecular weight excluding hydrogens is 252 g/mol. The van der Waals surface area contributed by atoms with E-state index in [1.54, 1.807) is 19.1 Å². The second-order valence-electron chi connectivity index (χ2n) is 3.33. The smallest absolute Gasteiger partial charge is 0.340 e. The third-order valence-electron chi connectivity index (χ3n) is 2.16. The lowest BCUT2D eigenvalue weighted by atomic mass is 10.2. The molecule has 0 bridgehead atoms. The Kier molecular flexibility index (Phi) is 3.83. The summed E-state index contributed by atoms with van der Waals surface area (Å²) in [5, 5.41) is 7.08. The summed E-state index contributed by atoms with van der Waals surface area (Å²) in [6, 6.07) is 5.20. The van der Waals surface area contributed by atoms with E-state index in [2.05, 4.69) is 15.2 Å². The van der Waals surface area contributed by atoms with Gasteiger partial charge in [-0.3, -0.25) is 5.10 Å². The number of aromatic amines is 1. The number of benzene rings is 1. The predicted octanol–water partition coefficient (Wildman–Crippen LogP) is 1.71. The number of anilines is 1. The van der Waals surface area contributed by atoms with Crippen LogP contribution < -0.4 is 5.73 Å². The van der Waals surface area contributed by atoms with Crippen molar-refractivity contribution in [3.8, 4) is 0 Å². The molecule has 0 amide bonds. The van der Waals surface area contributed by atoms with Crippen molar-refractivity contribution in [3.05, 3.63) is 30.1 Å². The van der Waals surface area contributed by atoms with Crippen molar-refractivity contribution < 1.29 is 9.53 Å². The highest BCUT2D eigenvalue weighted by atomic mass is 32.2. The Morgan fingerprint density at radius 1 is 1.56 bits per heavy atom. The molecule has 0 spiro atoms. The molecule has 1 aromatic carbocycles. The normalized spacial score (nSPS) is 10.3. The predicted molar refractivity (Wildman–Crippen MR) is 67.3 cm³/mol. The third-order valence-corrected chi connectivity index (χ3v) is 3.13. The molecule has 1 aromatic heterocycles. The van der Waals surface area contributed by atoms with Gasteiger partial charge in [-0.2, -0.15) is 5.10 Å².